The summed E-state index contributed by atoms with van der Waals surface area (Å²) in [4.78, 5) is 26.2. The lowest BCUT2D eigenvalue weighted by atomic mass is 10.0. The number of nitrogens with one attached hydrogen (secondary N) is 1. The molecule has 0 aromatic rings. The van der Waals surface area contributed by atoms with Gasteiger partial charge >= 0.3 is 5.97 Å². The second-order valence-electron chi connectivity index (χ2n) is 17.7. The Kier molecular flexibility index (Phi) is 47.2. The Morgan fingerprint density at radius 2 is 0.871 bits per heavy atom. The van der Waals surface area contributed by atoms with E-state index in [-0.39, 0.29) is 24.9 Å². The van der Waals surface area contributed by atoms with Crippen LogP contribution < -0.4 is 5.32 Å². The average molecular weight is 866 g/mol. The third-order valence-corrected chi connectivity index (χ3v) is 11.6. The quantitative estimate of drug-likeness (QED) is 0.0245. The monoisotopic (exact) mass is 866 g/mol. The first-order valence-electron chi connectivity index (χ1n) is 26.2. The van der Waals surface area contributed by atoms with Gasteiger partial charge in [-0.3, -0.25) is 9.59 Å². The molecule has 0 aliphatic heterocycles. The van der Waals surface area contributed by atoms with Crippen molar-refractivity contribution in [1.82, 2.24) is 5.32 Å². The van der Waals surface area contributed by atoms with Gasteiger partial charge in [-0.2, -0.15) is 0 Å². The minimum atomic E-state index is -0.802. The van der Waals surface area contributed by atoms with E-state index in [9.17, 15) is 19.8 Å². The Morgan fingerprint density at radius 1 is 0.468 bits per heavy atom. The van der Waals surface area contributed by atoms with Gasteiger partial charge in [0.25, 0.3) is 0 Å². The van der Waals surface area contributed by atoms with E-state index in [4.69, 9.17) is 4.74 Å². The molecule has 3 N–H and O–H groups in total. The van der Waals surface area contributed by atoms with Crippen LogP contribution in [0.5, 0.6) is 0 Å². The Hall–Kier alpha value is -2.70. The molecule has 0 saturated heterocycles. The molecular formula is C56H99NO5. The maximum absolute atomic E-state index is 13.2. The Balaban J connectivity index is 4.68. The molecule has 6 nitrogen and oxygen atoms in total. The maximum atomic E-state index is 13.2. The second-order valence-corrected chi connectivity index (χ2v) is 17.7. The van der Waals surface area contributed by atoms with Crippen LogP contribution in [-0.4, -0.2) is 46.9 Å². The smallest absolute Gasteiger partial charge is 0.306 e. The standard InChI is InChI=1S/C56H99NO5/c1-4-7-10-13-16-19-22-24-26-28-30-32-34-37-40-43-46-49-56(61)62-52(47-44-41-38-35-33-31-29-27-25-23-20-17-14-11-8-5-2)50-55(60)57-53(51-58)54(59)48-45-42-39-36-21-18-15-12-9-6-3/h11,14,17,20,23-27,29,31,33,52-54,58-59H,4-10,12-13,15-16,18-19,21-22,28,30,32,34-51H2,1-3H3,(H,57,60)/b14-11+,20-17+,25-23+,26-24+,29-27+,33-31+. The third kappa shape index (κ3) is 43.9. The number of amides is 1. The van der Waals surface area contributed by atoms with Crippen LogP contribution in [0.25, 0.3) is 0 Å². The highest BCUT2D eigenvalue weighted by Crippen LogP contribution is 2.17. The van der Waals surface area contributed by atoms with E-state index in [0.717, 1.165) is 70.6 Å². The molecule has 62 heavy (non-hydrogen) atoms. The Bertz CT molecular complexity index is 1150. The summed E-state index contributed by atoms with van der Waals surface area (Å²) in [7, 11) is 0. The van der Waals surface area contributed by atoms with E-state index in [2.05, 4.69) is 62.5 Å². The topological polar surface area (TPSA) is 95.9 Å². The molecule has 358 valence electrons. The minimum absolute atomic E-state index is 0.0455. The van der Waals surface area contributed by atoms with Gasteiger partial charge in [-0.15, -0.1) is 0 Å². The fraction of sp³-hybridized carbons (Fsp3) is 0.750. The van der Waals surface area contributed by atoms with E-state index in [1.165, 1.54) is 128 Å². The summed E-state index contributed by atoms with van der Waals surface area (Å²) in [6.45, 7) is 6.37. The molecule has 6 heteroatoms. The number of hydrogen-bond donors (Lipinski definition) is 3. The van der Waals surface area contributed by atoms with Crippen LogP contribution >= 0.6 is 0 Å². The zero-order valence-corrected chi connectivity index (χ0v) is 40.7. The molecule has 0 heterocycles. The molecule has 0 radical (unpaired) electrons. The van der Waals surface area contributed by atoms with Crippen LogP contribution in [0.4, 0.5) is 0 Å². The van der Waals surface area contributed by atoms with Crippen molar-refractivity contribution in [2.75, 3.05) is 6.61 Å². The highest BCUT2D eigenvalue weighted by atomic mass is 16.5. The van der Waals surface area contributed by atoms with Crippen molar-refractivity contribution >= 4 is 11.9 Å². The number of aliphatic hydroxyl groups excluding tert-OH is 2. The van der Waals surface area contributed by atoms with Gasteiger partial charge in [-0.25, -0.2) is 0 Å². The van der Waals surface area contributed by atoms with E-state index >= 15 is 0 Å². The second kappa shape index (κ2) is 49.3. The zero-order valence-electron chi connectivity index (χ0n) is 40.7. The van der Waals surface area contributed by atoms with Gasteiger partial charge in [-0.05, 0) is 70.6 Å². The van der Waals surface area contributed by atoms with Crippen molar-refractivity contribution in [3.05, 3.63) is 72.9 Å². The summed E-state index contributed by atoms with van der Waals surface area (Å²) in [5, 5.41) is 23.7. The zero-order chi connectivity index (χ0) is 45.2. The first-order valence-corrected chi connectivity index (χ1v) is 26.2. The summed E-state index contributed by atoms with van der Waals surface area (Å²) in [6, 6.07) is -0.718. The van der Waals surface area contributed by atoms with Crippen LogP contribution in [0.15, 0.2) is 72.9 Å². The molecule has 0 saturated carbocycles. The highest BCUT2D eigenvalue weighted by Gasteiger charge is 2.24. The third-order valence-electron chi connectivity index (χ3n) is 11.6. The fourth-order valence-electron chi connectivity index (χ4n) is 7.63. The van der Waals surface area contributed by atoms with E-state index in [1.807, 2.05) is 36.5 Å². The number of rotatable bonds is 46. The highest BCUT2D eigenvalue weighted by molar-refractivity contribution is 5.77. The molecule has 0 fully saturated rings. The lowest BCUT2D eigenvalue weighted by Crippen LogP contribution is -2.46. The Morgan fingerprint density at radius 3 is 1.37 bits per heavy atom. The van der Waals surface area contributed by atoms with E-state index in [0.29, 0.717) is 19.3 Å². The number of carbonyl (C=O) groups is 2. The first-order chi connectivity index (χ1) is 30.5. The van der Waals surface area contributed by atoms with Crippen molar-refractivity contribution in [2.45, 2.75) is 264 Å². The van der Waals surface area contributed by atoms with Gasteiger partial charge < -0.3 is 20.3 Å². The molecule has 3 atom stereocenters. The van der Waals surface area contributed by atoms with Gasteiger partial charge in [0.15, 0.2) is 0 Å². The lowest BCUT2D eigenvalue weighted by molar-refractivity contribution is -0.151. The summed E-state index contributed by atoms with van der Waals surface area (Å²) < 4.78 is 5.92. The van der Waals surface area contributed by atoms with Crippen LogP contribution in [0.2, 0.25) is 0 Å². The molecule has 0 spiro atoms. The number of allylic oxidation sites excluding steroid dienone is 12. The van der Waals surface area contributed by atoms with Crippen molar-refractivity contribution in [3.63, 3.8) is 0 Å². The Labute approximate surface area is 383 Å². The SMILES string of the molecule is CCC/C=C/C=C/C=C/C=C/C=C/CCCCCC(CC(=O)NC(CO)C(O)CCCCCCCCCCCC)OC(=O)CCCCCCCCC/C=C/CCCCCCCC. The van der Waals surface area contributed by atoms with E-state index < -0.39 is 18.2 Å². The van der Waals surface area contributed by atoms with Crippen molar-refractivity contribution in [1.29, 1.82) is 0 Å². The average Bonchev–Trinajstić information content (AvgIpc) is 3.26. The summed E-state index contributed by atoms with van der Waals surface area (Å²) in [5.41, 5.74) is 0. The van der Waals surface area contributed by atoms with Crippen LogP contribution in [0, 0.1) is 0 Å². The molecule has 3 unspecified atom stereocenters. The maximum Gasteiger partial charge on any atom is 0.306 e. The molecule has 0 rings (SSSR count). The summed E-state index contributed by atoms with van der Waals surface area (Å²) in [6.07, 6.45) is 62.4. The molecule has 0 aromatic heterocycles. The molecule has 0 aliphatic carbocycles. The number of esters is 1. The minimum Gasteiger partial charge on any atom is -0.462 e. The molecule has 0 bridgehead atoms. The van der Waals surface area contributed by atoms with Crippen molar-refractivity contribution in [3.8, 4) is 0 Å². The van der Waals surface area contributed by atoms with Gasteiger partial charge in [0.05, 0.1) is 25.2 Å². The lowest BCUT2D eigenvalue weighted by Gasteiger charge is -2.24. The number of carbonyl (C=O) groups excluding carboxylic acids is 2. The van der Waals surface area contributed by atoms with E-state index in [1.54, 1.807) is 0 Å². The largest absolute Gasteiger partial charge is 0.462 e. The molecule has 0 aromatic carbocycles. The fourth-order valence-corrected chi connectivity index (χ4v) is 7.63. The van der Waals surface area contributed by atoms with Gasteiger partial charge in [0.2, 0.25) is 5.91 Å². The first kappa shape index (κ1) is 59.3. The molecule has 1 amide bonds. The number of unbranched alkanes of at least 4 members (excludes halogenated alkanes) is 26. The summed E-state index contributed by atoms with van der Waals surface area (Å²) >= 11 is 0. The number of aliphatic hydroxyl groups is 2. The normalized spacial score (nSPS) is 13.8. The predicted octanol–water partition coefficient (Wildman–Crippen LogP) is 15.8. The van der Waals surface area contributed by atoms with Crippen LogP contribution in [0.1, 0.15) is 245 Å². The van der Waals surface area contributed by atoms with Gasteiger partial charge in [-0.1, -0.05) is 235 Å². The predicted molar refractivity (Wildman–Crippen MR) is 268 cm³/mol. The molecular weight excluding hydrogens is 767 g/mol. The number of hydrogen-bond acceptors (Lipinski definition) is 5. The van der Waals surface area contributed by atoms with Crippen molar-refractivity contribution in [2.24, 2.45) is 0 Å². The van der Waals surface area contributed by atoms with Gasteiger partial charge in [0, 0.05) is 6.42 Å². The van der Waals surface area contributed by atoms with Crippen LogP contribution in [-0.2, 0) is 14.3 Å². The van der Waals surface area contributed by atoms with Crippen LogP contribution in [0.3, 0.4) is 0 Å². The van der Waals surface area contributed by atoms with Gasteiger partial charge in [0.1, 0.15) is 6.10 Å². The molecule has 0 aliphatic rings. The summed E-state index contributed by atoms with van der Waals surface area (Å²) in [5.74, 6) is -0.521. The van der Waals surface area contributed by atoms with Crippen molar-refractivity contribution < 1.29 is 24.5 Å². The number of ether oxygens (including phenoxy) is 1.